The highest BCUT2D eigenvalue weighted by Crippen LogP contribution is 2.35. The van der Waals surface area contributed by atoms with Gasteiger partial charge in [0.15, 0.2) is 6.29 Å². The third-order valence-corrected chi connectivity index (χ3v) is 7.87. The summed E-state index contributed by atoms with van der Waals surface area (Å²) in [7, 11) is -1.24. The number of hydrogen-bond acceptors (Lipinski definition) is 6. The maximum atomic E-state index is 13.1. The van der Waals surface area contributed by atoms with Crippen molar-refractivity contribution in [2.24, 2.45) is 5.10 Å². The molecule has 1 amide bonds. The molecule has 0 saturated carbocycles. The van der Waals surface area contributed by atoms with Gasteiger partial charge in [0.05, 0.1) is 27.7 Å². The first-order valence-corrected chi connectivity index (χ1v) is 14.7. The lowest BCUT2D eigenvalue weighted by Crippen LogP contribution is -2.20. The van der Waals surface area contributed by atoms with Gasteiger partial charge < -0.3 is 5.32 Å². The molecule has 190 valence electrons. The number of aldehydes is 1. The van der Waals surface area contributed by atoms with Crippen molar-refractivity contribution in [3.63, 3.8) is 0 Å². The Morgan fingerprint density at radius 1 is 1.14 bits per heavy atom. The second-order valence-corrected chi connectivity index (χ2v) is 11.1. The summed E-state index contributed by atoms with van der Waals surface area (Å²) < 4.78 is 11.9. The first kappa shape index (κ1) is 26.9. The number of thioether (sulfide) groups is 1. The lowest BCUT2D eigenvalue weighted by molar-refractivity contribution is -0.102. The number of benzene rings is 3. The van der Waals surface area contributed by atoms with Crippen LogP contribution in [-0.4, -0.2) is 34.6 Å². The molecule has 0 saturated heterocycles. The summed E-state index contributed by atoms with van der Waals surface area (Å²) in [5.41, 5.74) is 4.86. The molecule has 0 bridgehead atoms. The Morgan fingerprint density at radius 2 is 1.89 bits per heavy atom. The number of hydrazone groups is 1. The topological polar surface area (TPSA) is 78.8 Å². The van der Waals surface area contributed by atoms with E-state index in [9.17, 15) is 13.8 Å². The minimum atomic E-state index is -1.24. The van der Waals surface area contributed by atoms with Gasteiger partial charge in [-0.15, -0.1) is 11.8 Å². The number of fused-ring (bicyclic) bond motifs is 1. The molecular formula is C28H26ClN3O3S2. The van der Waals surface area contributed by atoms with E-state index in [2.05, 4.69) is 16.5 Å². The number of nitrogens with one attached hydrogen (secondary N) is 1. The Labute approximate surface area is 228 Å². The second kappa shape index (κ2) is 11.9. The first-order valence-electron chi connectivity index (χ1n) is 11.5. The van der Waals surface area contributed by atoms with E-state index in [4.69, 9.17) is 11.6 Å². The standard InChI is InChI=1S/C28H26ClN3O3S2/c1-18(17-33)31-32(21-9-11-22(36-2)12-10-21)27-6-4-5-19-7-8-20(15-24(19)27)30-28(34)25-16-23(37(3)35)13-14-26(25)29/h6-17H,4-5H2,1-3H3,(H,30,34)/b31-18+. The maximum Gasteiger partial charge on any atom is 0.257 e. The summed E-state index contributed by atoms with van der Waals surface area (Å²) in [5.74, 6) is -0.391. The van der Waals surface area contributed by atoms with Crippen LogP contribution >= 0.6 is 23.4 Å². The highest BCUT2D eigenvalue weighted by molar-refractivity contribution is 7.98. The molecule has 0 spiro atoms. The molecule has 4 rings (SSSR count). The third-order valence-electron chi connectivity index (χ3n) is 5.88. The van der Waals surface area contributed by atoms with Gasteiger partial charge in [0, 0.05) is 38.1 Å². The Kier molecular flexibility index (Phi) is 8.63. The normalized spacial score (nSPS) is 13.8. The van der Waals surface area contributed by atoms with Crippen LogP contribution in [0.4, 0.5) is 11.4 Å². The summed E-state index contributed by atoms with van der Waals surface area (Å²) in [6.07, 6.45) is 8.05. The van der Waals surface area contributed by atoms with Crippen LogP contribution in [0.2, 0.25) is 5.02 Å². The van der Waals surface area contributed by atoms with E-state index in [1.54, 1.807) is 48.1 Å². The number of anilines is 2. The zero-order valence-electron chi connectivity index (χ0n) is 20.7. The van der Waals surface area contributed by atoms with Gasteiger partial charge in [-0.2, -0.15) is 5.10 Å². The largest absolute Gasteiger partial charge is 0.322 e. The van der Waals surface area contributed by atoms with Crippen LogP contribution in [0.1, 0.15) is 34.8 Å². The van der Waals surface area contributed by atoms with Gasteiger partial charge in [-0.25, -0.2) is 5.01 Å². The highest BCUT2D eigenvalue weighted by Gasteiger charge is 2.21. The van der Waals surface area contributed by atoms with E-state index in [0.29, 0.717) is 16.3 Å². The van der Waals surface area contributed by atoms with E-state index < -0.39 is 16.7 Å². The molecule has 0 heterocycles. The minimum absolute atomic E-state index is 0.254. The highest BCUT2D eigenvalue weighted by atomic mass is 35.5. The minimum Gasteiger partial charge on any atom is -0.322 e. The first-order chi connectivity index (χ1) is 17.8. The molecule has 1 atom stereocenters. The SMILES string of the molecule is CSc1ccc(N(/N=C(\C)C=O)C2=CCCc3ccc(NC(=O)c4cc(S(C)=O)ccc4Cl)cc32)cc1. The summed E-state index contributed by atoms with van der Waals surface area (Å²) >= 11 is 7.92. The molecule has 1 aliphatic carbocycles. The molecule has 3 aromatic carbocycles. The number of rotatable bonds is 8. The molecule has 3 aromatic rings. The van der Waals surface area contributed by atoms with Crippen molar-refractivity contribution >= 4 is 69.1 Å². The van der Waals surface area contributed by atoms with Crippen molar-refractivity contribution in [1.82, 2.24) is 0 Å². The predicted octanol–water partition coefficient (Wildman–Crippen LogP) is 6.42. The van der Waals surface area contributed by atoms with Gasteiger partial charge in [-0.1, -0.05) is 23.7 Å². The number of carbonyl (C=O) groups is 2. The van der Waals surface area contributed by atoms with Gasteiger partial charge in [0.2, 0.25) is 0 Å². The zero-order valence-corrected chi connectivity index (χ0v) is 23.0. The van der Waals surface area contributed by atoms with E-state index in [0.717, 1.165) is 46.5 Å². The Bertz CT molecular complexity index is 1440. The van der Waals surface area contributed by atoms with Gasteiger partial charge in [0.1, 0.15) is 0 Å². The van der Waals surface area contributed by atoms with Gasteiger partial charge in [-0.05, 0) is 86.2 Å². The third kappa shape index (κ3) is 6.21. The predicted molar refractivity (Wildman–Crippen MR) is 154 cm³/mol. The zero-order chi connectivity index (χ0) is 26.5. The van der Waals surface area contributed by atoms with Crippen LogP contribution in [-0.2, 0) is 22.0 Å². The van der Waals surface area contributed by atoms with Crippen molar-refractivity contribution in [2.75, 3.05) is 22.8 Å². The number of allylic oxidation sites excluding steroid dienone is 1. The number of halogens is 1. The number of nitrogens with zero attached hydrogens (tertiary/aromatic N) is 2. The summed E-state index contributed by atoms with van der Waals surface area (Å²) in [6, 6.07) is 18.5. The molecule has 1 aliphatic rings. The van der Waals surface area contributed by atoms with E-state index in [-0.39, 0.29) is 10.6 Å². The van der Waals surface area contributed by atoms with Crippen LogP contribution in [0.15, 0.2) is 81.6 Å². The fourth-order valence-electron chi connectivity index (χ4n) is 4.00. The van der Waals surface area contributed by atoms with Crippen LogP contribution in [0.25, 0.3) is 5.70 Å². The molecule has 1 N–H and O–H groups in total. The van der Waals surface area contributed by atoms with Crippen molar-refractivity contribution in [3.8, 4) is 0 Å². The van der Waals surface area contributed by atoms with Gasteiger partial charge >= 0.3 is 0 Å². The molecule has 0 radical (unpaired) electrons. The molecule has 0 fully saturated rings. The number of aryl methyl sites for hydroxylation is 1. The van der Waals surface area contributed by atoms with Gasteiger partial charge in [-0.3, -0.25) is 13.8 Å². The fourth-order valence-corrected chi connectivity index (χ4v) is 5.15. The number of hydrogen-bond donors (Lipinski definition) is 1. The molecule has 9 heteroatoms. The van der Waals surface area contributed by atoms with Crippen LogP contribution < -0.4 is 10.3 Å². The monoisotopic (exact) mass is 551 g/mol. The molecule has 1 unspecified atom stereocenters. The van der Waals surface area contributed by atoms with E-state index in [1.807, 2.05) is 48.7 Å². The Hall–Kier alpha value is -3.20. The summed E-state index contributed by atoms with van der Waals surface area (Å²) in [4.78, 5) is 26.2. The Balaban J connectivity index is 1.71. The van der Waals surface area contributed by atoms with E-state index >= 15 is 0 Å². The number of carbonyl (C=O) groups excluding carboxylic acids is 2. The van der Waals surface area contributed by atoms with Crippen LogP contribution in [0.3, 0.4) is 0 Å². The van der Waals surface area contributed by atoms with Crippen molar-refractivity contribution < 1.29 is 13.8 Å². The summed E-state index contributed by atoms with van der Waals surface area (Å²) in [5, 5.41) is 9.56. The van der Waals surface area contributed by atoms with Gasteiger partial charge in [0.25, 0.3) is 5.91 Å². The van der Waals surface area contributed by atoms with Crippen LogP contribution in [0.5, 0.6) is 0 Å². The molecule has 6 nitrogen and oxygen atoms in total. The lowest BCUT2D eigenvalue weighted by atomic mass is 9.93. The van der Waals surface area contributed by atoms with Crippen LogP contribution in [0, 0.1) is 0 Å². The quantitative estimate of drug-likeness (QED) is 0.151. The average molecular weight is 552 g/mol. The average Bonchev–Trinajstić information content (AvgIpc) is 2.91. The van der Waals surface area contributed by atoms with Crippen molar-refractivity contribution in [1.29, 1.82) is 0 Å². The Morgan fingerprint density at radius 3 is 2.57 bits per heavy atom. The maximum absolute atomic E-state index is 13.1. The number of amides is 1. The molecule has 37 heavy (non-hydrogen) atoms. The smallest absolute Gasteiger partial charge is 0.257 e. The molecule has 0 aliphatic heterocycles. The van der Waals surface area contributed by atoms with E-state index in [1.165, 1.54) is 0 Å². The molecular weight excluding hydrogens is 526 g/mol. The summed E-state index contributed by atoms with van der Waals surface area (Å²) in [6.45, 7) is 1.67. The van der Waals surface area contributed by atoms with Crippen molar-refractivity contribution in [3.05, 3.63) is 88.5 Å². The lowest BCUT2D eigenvalue weighted by Gasteiger charge is -2.28. The fraction of sp³-hybridized carbons (Fsp3) is 0.179. The second-order valence-electron chi connectivity index (χ2n) is 8.42. The molecule has 0 aromatic heterocycles. The van der Waals surface area contributed by atoms with Crippen molar-refractivity contribution in [2.45, 2.75) is 29.6 Å².